The summed E-state index contributed by atoms with van der Waals surface area (Å²) in [6, 6.07) is 3.91. The van der Waals surface area contributed by atoms with Crippen molar-refractivity contribution in [3.63, 3.8) is 0 Å². The average molecular weight is 263 g/mol. The molecular weight excluding hydrogens is 245 g/mol. The van der Waals surface area contributed by atoms with Gasteiger partial charge in [-0.1, -0.05) is 0 Å². The summed E-state index contributed by atoms with van der Waals surface area (Å²) in [5, 5.41) is 2.82. The van der Waals surface area contributed by atoms with Gasteiger partial charge in [0.25, 0.3) is 0 Å². The van der Waals surface area contributed by atoms with Crippen LogP contribution in [0.4, 0.5) is 10.1 Å². The van der Waals surface area contributed by atoms with Gasteiger partial charge >= 0.3 is 0 Å². The lowest BCUT2D eigenvalue weighted by Gasteiger charge is -2.14. The first-order chi connectivity index (χ1) is 8.97. The number of aliphatic imine (C=N–C) groups is 1. The highest BCUT2D eigenvalue weighted by atomic mass is 19.1. The van der Waals surface area contributed by atoms with E-state index in [9.17, 15) is 9.18 Å². The van der Waals surface area contributed by atoms with Gasteiger partial charge in [0.15, 0.2) is 0 Å². The summed E-state index contributed by atoms with van der Waals surface area (Å²) < 4.78 is 13.3. The van der Waals surface area contributed by atoms with Crippen LogP contribution in [0.2, 0.25) is 0 Å². The maximum Gasteiger partial charge on any atom is 0.249 e. The Hall–Kier alpha value is -1.75. The first-order valence-electron chi connectivity index (χ1n) is 6.27. The van der Waals surface area contributed by atoms with E-state index < -0.39 is 6.04 Å². The van der Waals surface area contributed by atoms with Gasteiger partial charge in [0, 0.05) is 17.8 Å². The Kier molecular flexibility index (Phi) is 3.95. The molecule has 4 nitrogen and oxygen atoms in total. The lowest BCUT2D eigenvalue weighted by atomic mass is 10.1. The number of benzodiazepines with no additional fused rings is 1. The number of anilines is 1. The van der Waals surface area contributed by atoms with E-state index in [1.165, 1.54) is 12.1 Å². The number of hydrogen-bond acceptors (Lipinski definition) is 3. The third-order valence-electron chi connectivity index (χ3n) is 3.13. The molecule has 0 saturated heterocycles. The average Bonchev–Trinajstić information content (AvgIpc) is 2.46. The molecule has 0 spiro atoms. The Morgan fingerprint density at radius 1 is 1.42 bits per heavy atom. The standard InChI is InChI=1S/C14H18FN3O/c1-9-11-8-10(15)4-5-12(11)17-14(19)13(16-9)6-7-18(2)3/h4-5,8,13H,6-7H2,1-3H3,(H,17,19). The van der Waals surface area contributed by atoms with Gasteiger partial charge in [0.05, 0.1) is 5.69 Å². The number of nitrogens with zero attached hydrogens (tertiary/aromatic N) is 2. The Bertz CT molecular complexity index is 525. The molecule has 2 rings (SSSR count). The van der Waals surface area contributed by atoms with E-state index in [0.717, 1.165) is 6.54 Å². The largest absolute Gasteiger partial charge is 0.324 e. The van der Waals surface area contributed by atoms with Gasteiger partial charge in [-0.2, -0.15) is 0 Å². The number of rotatable bonds is 3. The van der Waals surface area contributed by atoms with Gasteiger partial charge in [-0.05, 0) is 45.6 Å². The molecule has 1 aliphatic rings. The quantitative estimate of drug-likeness (QED) is 0.905. The van der Waals surface area contributed by atoms with Crippen LogP contribution in [0.5, 0.6) is 0 Å². The molecule has 1 N–H and O–H groups in total. The van der Waals surface area contributed by atoms with Crippen LogP contribution in [0.1, 0.15) is 18.9 Å². The molecule has 0 bridgehead atoms. The molecule has 1 atom stereocenters. The third-order valence-corrected chi connectivity index (χ3v) is 3.13. The Morgan fingerprint density at radius 3 is 2.84 bits per heavy atom. The van der Waals surface area contributed by atoms with Crippen molar-refractivity contribution in [2.75, 3.05) is 26.0 Å². The number of hydrogen-bond donors (Lipinski definition) is 1. The first kappa shape index (κ1) is 13.7. The molecule has 1 amide bonds. The van der Waals surface area contributed by atoms with E-state index in [0.29, 0.717) is 23.4 Å². The van der Waals surface area contributed by atoms with Gasteiger partial charge in [-0.25, -0.2) is 4.39 Å². The van der Waals surface area contributed by atoms with Gasteiger partial charge in [0.2, 0.25) is 5.91 Å². The molecule has 102 valence electrons. The van der Waals surface area contributed by atoms with Crippen LogP contribution < -0.4 is 5.32 Å². The monoisotopic (exact) mass is 263 g/mol. The van der Waals surface area contributed by atoms with Crippen molar-refractivity contribution in [1.82, 2.24) is 4.90 Å². The van der Waals surface area contributed by atoms with E-state index in [1.807, 2.05) is 19.0 Å². The van der Waals surface area contributed by atoms with Crippen LogP contribution in [0.3, 0.4) is 0 Å². The number of fused-ring (bicyclic) bond motifs is 1. The zero-order valence-electron chi connectivity index (χ0n) is 11.4. The van der Waals surface area contributed by atoms with E-state index >= 15 is 0 Å². The highest BCUT2D eigenvalue weighted by Gasteiger charge is 2.23. The molecule has 1 aromatic carbocycles. The summed E-state index contributed by atoms with van der Waals surface area (Å²) in [6.45, 7) is 2.58. The molecule has 1 aromatic rings. The van der Waals surface area contributed by atoms with Crippen LogP contribution in [0.15, 0.2) is 23.2 Å². The molecule has 0 aliphatic carbocycles. The fourth-order valence-electron chi connectivity index (χ4n) is 2.08. The molecule has 19 heavy (non-hydrogen) atoms. The lowest BCUT2D eigenvalue weighted by molar-refractivity contribution is -0.117. The molecule has 5 heteroatoms. The number of halogens is 1. The summed E-state index contributed by atoms with van der Waals surface area (Å²) in [4.78, 5) is 18.5. The van der Waals surface area contributed by atoms with E-state index in [-0.39, 0.29) is 11.7 Å². The highest BCUT2D eigenvalue weighted by molar-refractivity contribution is 6.10. The topological polar surface area (TPSA) is 44.7 Å². The zero-order chi connectivity index (χ0) is 14.0. The van der Waals surface area contributed by atoms with Crippen LogP contribution in [-0.4, -0.2) is 43.2 Å². The van der Waals surface area contributed by atoms with Crippen LogP contribution >= 0.6 is 0 Å². The van der Waals surface area contributed by atoms with Gasteiger partial charge in [-0.15, -0.1) is 0 Å². The van der Waals surface area contributed by atoms with Crippen molar-refractivity contribution in [3.05, 3.63) is 29.6 Å². The molecular formula is C14H18FN3O. The first-order valence-corrected chi connectivity index (χ1v) is 6.27. The minimum atomic E-state index is -0.419. The van der Waals surface area contributed by atoms with E-state index in [1.54, 1.807) is 13.0 Å². The number of nitrogens with one attached hydrogen (secondary N) is 1. The predicted molar refractivity (Wildman–Crippen MR) is 74.2 cm³/mol. The Labute approximate surface area is 112 Å². The van der Waals surface area contributed by atoms with Crippen LogP contribution in [0.25, 0.3) is 0 Å². The molecule has 1 heterocycles. The highest BCUT2D eigenvalue weighted by Crippen LogP contribution is 2.22. The van der Waals surface area contributed by atoms with Crippen molar-refractivity contribution < 1.29 is 9.18 Å². The Morgan fingerprint density at radius 2 is 2.16 bits per heavy atom. The van der Waals surface area contributed by atoms with Crippen molar-refractivity contribution in [3.8, 4) is 0 Å². The molecule has 0 saturated carbocycles. The SMILES string of the molecule is CC1=NC(CCN(C)C)C(=O)Nc2ccc(F)cc21. The normalized spacial score (nSPS) is 18.7. The second-order valence-corrected chi connectivity index (χ2v) is 5.00. The second-order valence-electron chi connectivity index (χ2n) is 5.00. The van der Waals surface area contributed by atoms with Crippen LogP contribution in [-0.2, 0) is 4.79 Å². The third kappa shape index (κ3) is 3.17. The van der Waals surface area contributed by atoms with E-state index in [2.05, 4.69) is 10.3 Å². The van der Waals surface area contributed by atoms with Crippen molar-refractivity contribution in [2.45, 2.75) is 19.4 Å². The van der Waals surface area contributed by atoms with E-state index in [4.69, 9.17) is 0 Å². The lowest BCUT2D eigenvalue weighted by Crippen LogP contribution is -2.29. The van der Waals surface area contributed by atoms with Crippen molar-refractivity contribution >= 4 is 17.3 Å². The molecule has 1 aliphatic heterocycles. The van der Waals surface area contributed by atoms with Gasteiger partial charge in [0.1, 0.15) is 11.9 Å². The molecule has 0 fully saturated rings. The number of carbonyl (C=O) groups is 1. The molecule has 0 radical (unpaired) electrons. The summed E-state index contributed by atoms with van der Waals surface area (Å²) in [6.07, 6.45) is 0.645. The minimum absolute atomic E-state index is 0.133. The summed E-state index contributed by atoms with van der Waals surface area (Å²) in [5.41, 5.74) is 1.97. The maximum atomic E-state index is 13.3. The van der Waals surface area contributed by atoms with Gasteiger partial charge in [-0.3, -0.25) is 9.79 Å². The van der Waals surface area contributed by atoms with Gasteiger partial charge < -0.3 is 10.2 Å². The zero-order valence-corrected chi connectivity index (χ0v) is 11.4. The fraction of sp³-hybridized carbons (Fsp3) is 0.429. The molecule has 0 aromatic heterocycles. The number of carbonyl (C=O) groups excluding carboxylic acids is 1. The maximum absolute atomic E-state index is 13.3. The predicted octanol–water partition coefficient (Wildman–Crippen LogP) is 1.91. The summed E-state index contributed by atoms with van der Waals surface area (Å²) >= 11 is 0. The number of amides is 1. The minimum Gasteiger partial charge on any atom is -0.324 e. The second kappa shape index (κ2) is 5.48. The summed E-state index contributed by atoms with van der Waals surface area (Å²) in [5.74, 6) is -0.458. The number of benzene rings is 1. The Balaban J connectivity index is 2.28. The molecule has 1 unspecified atom stereocenters. The van der Waals surface area contributed by atoms with Crippen molar-refractivity contribution in [1.29, 1.82) is 0 Å². The van der Waals surface area contributed by atoms with Crippen LogP contribution in [0, 0.1) is 5.82 Å². The fourth-order valence-corrected chi connectivity index (χ4v) is 2.08. The summed E-state index contributed by atoms with van der Waals surface area (Å²) in [7, 11) is 3.91. The smallest absolute Gasteiger partial charge is 0.249 e. The van der Waals surface area contributed by atoms with Crippen molar-refractivity contribution in [2.24, 2.45) is 4.99 Å².